The Morgan fingerprint density at radius 1 is 1.28 bits per heavy atom. The number of hydrogen-bond acceptors (Lipinski definition) is 7. The Hall–Kier alpha value is -1.72. The van der Waals surface area contributed by atoms with Gasteiger partial charge >= 0.3 is 5.97 Å². The Labute approximate surface area is 217 Å². The number of allylic oxidation sites excluding steroid dienone is 2. The lowest BCUT2D eigenvalue weighted by Gasteiger charge is -2.45. The number of carbonyl (C=O) groups excluding carboxylic acids is 1. The van der Waals surface area contributed by atoms with Gasteiger partial charge in [0.2, 0.25) is 0 Å². The Kier molecular flexibility index (Phi) is 11.9. The predicted molar refractivity (Wildman–Crippen MR) is 139 cm³/mol. The predicted octanol–water partition coefficient (Wildman–Crippen LogP) is 4.00. The van der Waals surface area contributed by atoms with Crippen LogP contribution in [-0.4, -0.2) is 72.7 Å². The van der Waals surface area contributed by atoms with E-state index in [-0.39, 0.29) is 35.2 Å². The molecule has 3 rings (SSSR count). The van der Waals surface area contributed by atoms with Crippen LogP contribution in [0.1, 0.15) is 71.1 Å². The summed E-state index contributed by atoms with van der Waals surface area (Å²) in [5.41, 5.74) is 0.0745. The molecule has 3 aliphatic rings. The number of unbranched alkanes of at least 4 members (excludes halogenated alkanes) is 1. The third kappa shape index (κ3) is 8.14. The summed E-state index contributed by atoms with van der Waals surface area (Å²) in [7, 11) is 0. The van der Waals surface area contributed by atoms with Crippen molar-refractivity contribution in [1.82, 2.24) is 4.90 Å². The zero-order valence-corrected chi connectivity index (χ0v) is 22.0. The van der Waals surface area contributed by atoms with E-state index >= 15 is 0 Å². The van der Waals surface area contributed by atoms with Crippen LogP contribution in [0.5, 0.6) is 0 Å². The van der Waals surface area contributed by atoms with Crippen molar-refractivity contribution in [3.63, 3.8) is 0 Å². The lowest BCUT2D eigenvalue weighted by Crippen LogP contribution is -2.40. The Morgan fingerprint density at radius 3 is 2.72 bits per heavy atom. The standard InChI is InChI=1S/C29H46N2O5/c1-2-29(13-8-14-29)27(33)11-7-10-25-24(23(22-30)21-26(25)32)9-5-3-4-6-12-28(34)36-20-17-31-15-18-35-19-16-31/h3,5,7,10,23-27,32-33H,2,4,6,8-9,11-21H2,1H3/t23-,24-,25+,26+,27?/m0/s1. The van der Waals surface area contributed by atoms with Crippen LogP contribution in [0, 0.1) is 34.5 Å². The number of nitriles is 1. The van der Waals surface area contributed by atoms with Gasteiger partial charge in [-0.2, -0.15) is 5.26 Å². The molecule has 2 N–H and O–H groups in total. The molecule has 3 fully saturated rings. The largest absolute Gasteiger partial charge is 0.464 e. The van der Waals surface area contributed by atoms with Crippen LogP contribution < -0.4 is 0 Å². The number of morpholine rings is 1. The van der Waals surface area contributed by atoms with E-state index in [0.29, 0.717) is 25.9 Å². The fraction of sp³-hybridized carbons (Fsp3) is 0.793. The lowest BCUT2D eigenvalue weighted by atomic mass is 9.63. The first-order valence-electron chi connectivity index (χ1n) is 14.0. The van der Waals surface area contributed by atoms with Crippen molar-refractivity contribution in [2.75, 3.05) is 39.5 Å². The summed E-state index contributed by atoms with van der Waals surface area (Å²) >= 11 is 0. The van der Waals surface area contributed by atoms with E-state index in [2.05, 4.69) is 30.0 Å². The second-order valence-corrected chi connectivity index (χ2v) is 10.8. The molecular weight excluding hydrogens is 456 g/mol. The molecule has 0 aromatic heterocycles. The third-order valence-electron chi connectivity index (χ3n) is 8.70. The number of ether oxygens (including phenoxy) is 2. The van der Waals surface area contributed by atoms with E-state index in [1.165, 1.54) is 6.42 Å². The number of nitrogens with zero attached hydrogens (tertiary/aromatic N) is 2. The van der Waals surface area contributed by atoms with E-state index < -0.39 is 6.10 Å². The second kappa shape index (κ2) is 14.9. The minimum Gasteiger partial charge on any atom is -0.464 e. The van der Waals surface area contributed by atoms with Gasteiger partial charge in [0.25, 0.3) is 0 Å². The van der Waals surface area contributed by atoms with Gasteiger partial charge in [-0.1, -0.05) is 37.6 Å². The summed E-state index contributed by atoms with van der Waals surface area (Å²) in [6.07, 6.45) is 15.6. The zero-order valence-electron chi connectivity index (χ0n) is 22.0. The molecule has 1 aliphatic heterocycles. The van der Waals surface area contributed by atoms with E-state index in [4.69, 9.17) is 9.47 Å². The highest BCUT2D eigenvalue weighted by molar-refractivity contribution is 5.69. The van der Waals surface area contributed by atoms with E-state index in [1.807, 2.05) is 12.2 Å². The molecule has 2 aliphatic carbocycles. The molecule has 0 amide bonds. The summed E-state index contributed by atoms with van der Waals surface area (Å²) in [4.78, 5) is 14.2. The summed E-state index contributed by atoms with van der Waals surface area (Å²) < 4.78 is 10.7. The van der Waals surface area contributed by atoms with Crippen LogP contribution in [0.25, 0.3) is 0 Å². The highest BCUT2D eigenvalue weighted by atomic mass is 16.5. The molecule has 0 radical (unpaired) electrons. The number of aliphatic hydroxyl groups is 2. The summed E-state index contributed by atoms with van der Waals surface area (Å²) in [5, 5.41) is 30.9. The Bertz CT molecular complexity index is 761. The average Bonchev–Trinajstić information content (AvgIpc) is 3.16. The van der Waals surface area contributed by atoms with Gasteiger partial charge in [0.1, 0.15) is 6.61 Å². The minimum absolute atomic E-state index is 0.0630. The summed E-state index contributed by atoms with van der Waals surface area (Å²) in [6.45, 7) is 6.62. The van der Waals surface area contributed by atoms with Gasteiger partial charge in [-0.05, 0) is 62.7 Å². The molecule has 0 bridgehead atoms. The molecule has 5 atom stereocenters. The quantitative estimate of drug-likeness (QED) is 0.210. The molecular formula is C29H46N2O5. The summed E-state index contributed by atoms with van der Waals surface area (Å²) in [5.74, 6) is -0.311. The number of esters is 1. The van der Waals surface area contributed by atoms with E-state index in [1.54, 1.807) is 0 Å². The van der Waals surface area contributed by atoms with Crippen LogP contribution in [0.2, 0.25) is 0 Å². The van der Waals surface area contributed by atoms with Crippen molar-refractivity contribution in [2.45, 2.75) is 83.3 Å². The number of rotatable bonds is 14. The minimum atomic E-state index is -0.516. The fourth-order valence-corrected chi connectivity index (χ4v) is 5.98. The van der Waals surface area contributed by atoms with Crippen LogP contribution in [0.15, 0.2) is 24.3 Å². The van der Waals surface area contributed by atoms with Crippen molar-refractivity contribution < 1.29 is 24.5 Å². The van der Waals surface area contributed by atoms with Crippen molar-refractivity contribution >= 4 is 5.97 Å². The normalized spacial score (nSPS) is 29.3. The van der Waals surface area contributed by atoms with E-state index in [0.717, 1.165) is 71.4 Å². The molecule has 1 saturated heterocycles. The Balaban J connectivity index is 1.35. The molecule has 0 aromatic carbocycles. The molecule has 7 nitrogen and oxygen atoms in total. The Morgan fingerprint density at radius 2 is 2.06 bits per heavy atom. The van der Waals surface area contributed by atoms with Crippen molar-refractivity contribution in [1.29, 1.82) is 5.26 Å². The van der Waals surface area contributed by atoms with Crippen molar-refractivity contribution in [3.05, 3.63) is 24.3 Å². The van der Waals surface area contributed by atoms with Gasteiger partial charge in [0.05, 0.1) is 37.4 Å². The first kappa shape index (κ1) is 28.8. The highest BCUT2D eigenvalue weighted by Crippen LogP contribution is 2.48. The van der Waals surface area contributed by atoms with Gasteiger partial charge in [-0.15, -0.1) is 0 Å². The van der Waals surface area contributed by atoms with Crippen molar-refractivity contribution in [2.24, 2.45) is 23.2 Å². The second-order valence-electron chi connectivity index (χ2n) is 10.8. The molecule has 1 heterocycles. The van der Waals surface area contributed by atoms with Gasteiger partial charge in [-0.3, -0.25) is 9.69 Å². The van der Waals surface area contributed by atoms with Crippen LogP contribution in [-0.2, 0) is 14.3 Å². The molecule has 0 spiro atoms. The molecule has 7 heteroatoms. The highest BCUT2D eigenvalue weighted by Gasteiger charge is 2.42. The number of hydrogen-bond donors (Lipinski definition) is 2. The third-order valence-corrected chi connectivity index (χ3v) is 8.70. The molecule has 202 valence electrons. The zero-order chi connectivity index (χ0) is 25.8. The SMILES string of the molecule is CCC1(C(O)CC=C[C@@H]2[C@@H](CC=CCCCC(=O)OCCN3CCOCC3)[C@H](C#N)C[C@H]2O)CCC1. The summed E-state index contributed by atoms with van der Waals surface area (Å²) in [6, 6.07) is 2.39. The van der Waals surface area contributed by atoms with Crippen molar-refractivity contribution in [3.8, 4) is 6.07 Å². The van der Waals surface area contributed by atoms with Crippen LogP contribution in [0.4, 0.5) is 0 Å². The van der Waals surface area contributed by atoms with Crippen LogP contribution in [0.3, 0.4) is 0 Å². The van der Waals surface area contributed by atoms with Gasteiger partial charge in [0, 0.05) is 32.0 Å². The smallest absolute Gasteiger partial charge is 0.305 e. The molecule has 1 unspecified atom stereocenters. The van der Waals surface area contributed by atoms with Crippen LogP contribution >= 0.6 is 0 Å². The first-order valence-corrected chi connectivity index (χ1v) is 14.0. The van der Waals surface area contributed by atoms with Gasteiger partial charge < -0.3 is 19.7 Å². The maximum atomic E-state index is 12.0. The average molecular weight is 503 g/mol. The fourth-order valence-electron chi connectivity index (χ4n) is 5.98. The maximum Gasteiger partial charge on any atom is 0.305 e. The topological polar surface area (TPSA) is 103 Å². The molecule has 2 saturated carbocycles. The number of carbonyl (C=O) groups is 1. The van der Waals surface area contributed by atoms with Gasteiger partial charge in [0.15, 0.2) is 0 Å². The number of aliphatic hydroxyl groups excluding tert-OH is 2. The maximum absolute atomic E-state index is 12.0. The first-order chi connectivity index (χ1) is 17.5. The van der Waals surface area contributed by atoms with E-state index in [9.17, 15) is 20.3 Å². The monoisotopic (exact) mass is 502 g/mol. The molecule has 36 heavy (non-hydrogen) atoms. The van der Waals surface area contributed by atoms with Gasteiger partial charge in [-0.25, -0.2) is 0 Å². The lowest BCUT2D eigenvalue weighted by molar-refractivity contribution is -0.144. The molecule has 0 aromatic rings.